The normalized spacial score (nSPS) is 11.0. The van der Waals surface area contributed by atoms with Gasteiger partial charge in [-0.2, -0.15) is 5.10 Å². The highest BCUT2D eigenvalue weighted by atomic mass is 19.1. The zero-order valence-corrected chi connectivity index (χ0v) is 23.4. The minimum atomic E-state index is -0.888. The van der Waals surface area contributed by atoms with Gasteiger partial charge in [-0.05, 0) is 79.8 Å². The van der Waals surface area contributed by atoms with Gasteiger partial charge in [0.05, 0.1) is 18.3 Å². The number of hydrogen-bond donors (Lipinski definition) is 2. The number of aromatic nitrogens is 2. The molecule has 0 aliphatic carbocycles. The lowest BCUT2D eigenvalue weighted by atomic mass is 10.0. The van der Waals surface area contributed by atoms with Crippen molar-refractivity contribution in [1.82, 2.24) is 15.1 Å². The van der Waals surface area contributed by atoms with Crippen LogP contribution in [0.15, 0.2) is 72.8 Å². The Labute approximate surface area is 238 Å². The second kappa shape index (κ2) is 13.6. The summed E-state index contributed by atoms with van der Waals surface area (Å²) < 4.78 is 26.2. The zero-order valence-electron chi connectivity index (χ0n) is 23.4. The van der Waals surface area contributed by atoms with Gasteiger partial charge < -0.3 is 19.9 Å². The summed E-state index contributed by atoms with van der Waals surface area (Å²) in [4.78, 5) is 23.1. The van der Waals surface area contributed by atoms with Crippen molar-refractivity contribution >= 4 is 12.1 Å². The van der Waals surface area contributed by atoms with Gasteiger partial charge in [-0.3, -0.25) is 9.48 Å². The molecule has 0 atom stereocenters. The number of hydrogen-bond acceptors (Lipinski definition) is 5. The number of ether oxygens (including phenoxy) is 2. The first-order chi connectivity index (χ1) is 19.7. The Morgan fingerprint density at radius 2 is 1.61 bits per heavy atom. The highest BCUT2D eigenvalue weighted by Crippen LogP contribution is 2.25. The van der Waals surface area contributed by atoms with Crippen molar-refractivity contribution in [3.8, 4) is 28.1 Å². The third kappa shape index (κ3) is 8.41. The summed E-state index contributed by atoms with van der Waals surface area (Å²) in [7, 11) is 0. The molecule has 3 aromatic carbocycles. The summed E-state index contributed by atoms with van der Waals surface area (Å²) in [6.45, 7) is 6.60. The number of aliphatic carboxylic acids is 1. The van der Waals surface area contributed by atoms with Gasteiger partial charge in [0.1, 0.15) is 18.2 Å². The number of benzene rings is 3. The fraction of sp³-hybridized carbons (Fsp3) is 0.281. The minimum absolute atomic E-state index is 0.0144. The zero-order chi connectivity index (χ0) is 29.4. The number of nitrogens with one attached hydrogen (secondary N) is 1. The maximum Gasteiger partial charge on any atom is 0.407 e. The molecule has 4 aromatic rings. The van der Waals surface area contributed by atoms with Crippen molar-refractivity contribution in [2.24, 2.45) is 0 Å². The maximum atomic E-state index is 13.2. The number of carbonyl (C=O) groups is 2. The van der Waals surface area contributed by atoms with E-state index in [9.17, 15) is 14.0 Å². The van der Waals surface area contributed by atoms with E-state index in [4.69, 9.17) is 19.7 Å². The van der Waals surface area contributed by atoms with E-state index in [1.54, 1.807) is 32.0 Å². The molecule has 41 heavy (non-hydrogen) atoms. The molecule has 0 aliphatic heterocycles. The molecule has 214 valence electrons. The molecule has 2 N–H and O–H groups in total. The van der Waals surface area contributed by atoms with Gasteiger partial charge in [0.25, 0.3) is 0 Å². The first-order valence-corrected chi connectivity index (χ1v) is 13.5. The van der Waals surface area contributed by atoms with E-state index >= 15 is 0 Å². The summed E-state index contributed by atoms with van der Waals surface area (Å²) >= 11 is 0. The third-order valence-corrected chi connectivity index (χ3v) is 6.46. The molecule has 0 unspecified atom stereocenters. The van der Waals surface area contributed by atoms with Crippen LogP contribution in [0.5, 0.6) is 5.75 Å². The molecule has 0 fully saturated rings. The van der Waals surface area contributed by atoms with Crippen molar-refractivity contribution in [3.05, 3.63) is 95.4 Å². The summed E-state index contributed by atoms with van der Waals surface area (Å²) in [5, 5.41) is 16.5. The lowest BCUT2D eigenvalue weighted by molar-refractivity contribution is -0.136. The molecule has 0 bridgehead atoms. The summed E-state index contributed by atoms with van der Waals surface area (Å²) in [6, 6.07) is 21.9. The Kier molecular flexibility index (Phi) is 9.73. The lowest BCUT2D eigenvalue weighted by Crippen LogP contribution is -2.26. The van der Waals surface area contributed by atoms with Gasteiger partial charge >= 0.3 is 12.1 Å². The van der Waals surface area contributed by atoms with E-state index in [0.717, 1.165) is 39.2 Å². The van der Waals surface area contributed by atoms with Crippen LogP contribution in [-0.2, 0) is 29.0 Å². The number of alkyl carbamates (subject to hydrolysis) is 1. The summed E-state index contributed by atoms with van der Waals surface area (Å²) in [5.41, 5.74) is 6.35. The number of carboxylic acid groups (broad SMARTS) is 1. The molecular formula is C32H34FN3O5. The Morgan fingerprint density at radius 1 is 0.951 bits per heavy atom. The third-order valence-electron chi connectivity index (χ3n) is 6.46. The highest BCUT2D eigenvalue weighted by molar-refractivity contribution is 5.69. The van der Waals surface area contributed by atoms with Gasteiger partial charge in [0.2, 0.25) is 0 Å². The van der Waals surface area contributed by atoms with Crippen LogP contribution in [0.3, 0.4) is 0 Å². The van der Waals surface area contributed by atoms with Crippen LogP contribution < -0.4 is 10.1 Å². The van der Waals surface area contributed by atoms with Gasteiger partial charge in [-0.1, -0.05) is 42.5 Å². The number of amides is 1. The van der Waals surface area contributed by atoms with Gasteiger partial charge in [0, 0.05) is 24.2 Å². The van der Waals surface area contributed by atoms with Crippen molar-refractivity contribution in [2.45, 2.75) is 52.8 Å². The Bertz CT molecular complexity index is 1480. The molecule has 1 amide bonds. The van der Waals surface area contributed by atoms with E-state index in [1.165, 1.54) is 12.1 Å². The SMILES string of the molecule is Cc1cc(-c2ccc(-c3ccc(F)cc3)cc2)nn1CCOc1ccc(CCC(=O)O)c(CNC(=O)OC(C)C)c1. The molecule has 1 aromatic heterocycles. The van der Waals surface area contributed by atoms with Crippen LogP contribution in [0.4, 0.5) is 9.18 Å². The predicted molar refractivity (Wildman–Crippen MR) is 154 cm³/mol. The topological polar surface area (TPSA) is 103 Å². The summed E-state index contributed by atoms with van der Waals surface area (Å²) in [5.74, 6) is -0.537. The van der Waals surface area contributed by atoms with Crippen LogP contribution in [-0.4, -0.2) is 39.7 Å². The molecule has 9 heteroatoms. The van der Waals surface area contributed by atoms with Gasteiger partial charge in [-0.25, -0.2) is 9.18 Å². The fourth-order valence-electron chi connectivity index (χ4n) is 4.37. The lowest BCUT2D eigenvalue weighted by Gasteiger charge is -2.14. The van der Waals surface area contributed by atoms with Crippen molar-refractivity contribution in [2.75, 3.05) is 6.61 Å². The summed E-state index contributed by atoms with van der Waals surface area (Å²) in [6.07, 6.45) is -0.459. The largest absolute Gasteiger partial charge is 0.492 e. The maximum absolute atomic E-state index is 13.2. The number of nitrogens with zero attached hydrogens (tertiary/aromatic N) is 2. The van der Waals surface area contributed by atoms with Crippen molar-refractivity contribution < 1.29 is 28.6 Å². The molecule has 1 heterocycles. The Morgan fingerprint density at radius 3 is 2.27 bits per heavy atom. The molecule has 4 rings (SSSR count). The first kappa shape index (κ1) is 29.3. The van der Waals surface area contributed by atoms with Crippen LogP contribution in [0, 0.1) is 12.7 Å². The first-order valence-electron chi connectivity index (χ1n) is 13.5. The Balaban J connectivity index is 1.38. The van der Waals surface area contributed by atoms with Crippen molar-refractivity contribution in [1.29, 1.82) is 0 Å². The number of carboxylic acids is 1. The molecule has 0 radical (unpaired) electrons. The molecule has 0 saturated heterocycles. The van der Waals surface area contributed by atoms with Crippen molar-refractivity contribution in [3.63, 3.8) is 0 Å². The smallest absolute Gasteiger partial charge is 0.407 e. The molecule has 0 aliphatic rings. The molecular weight excluding hydrogens is 525 g/mol. The van der Waals surface area contributed by atoms with Crippen LogP contribution >= 0.6 is 0 Å². The van der Waals surface area contributed by atoms with Crippen LogP contribution in [0.25, 0.3) is 22.4 Å². The van der Waals surface area contributed by atoms with E-state index < -0.39 is 12.1 Å². The van der Waals surface area contributed by atoms with Gasteiger partial charge in [0.15, 0.2) is 0 Å². The standard InChI is InChI=1S/C32H34FN3O5/c1-21(2)41-32(39)34-20-27-19-29(14-10-25(27)11-15-31(37)38)40-17-16-36-22(3)18-30(35-36)26-6-4-23(5-7-26)24-8-12-28(33)13-9-24/h4-10,12-14,18-19,21H,11,15-17,20H2,1-3H3,(H,34,39)(H,37,38). The average molecular weight is 560 g/mol. The van der Waals surface area contributed by atoms with E-state index in [0.29, 0.717) is 25.3 Å². The monoisotopic (exact) mass is 559 g/mol. The second-order valence-corrected chi connectivity index (χ2v) is 9.96. The predicted octanol–water partition coefficient (Wildman–Crippen LogP) is 6.40. The van der Waals surface area contributed by atoms with Crippen LogP contribution in [0.1, 0.15) is 37.1 Å². The Hall–Kier alpha value is -4.66. The number of aryl methyl sites for hydroxylation is 2. The van der Waals surface area contributed by atoms with Gasteiger partial charge in [-0.15, -0.1) is 0 Å². The number of carbonyl (C=O) groups excluding carboxylic acids is 1. The molecule has 8 nitrogen and oxygen atoms in total. The second-order valence-electron chi connectivity index (χ2n) is 9.96. The average Bonchev–Trinajstić information content (AvgIpc) is 3.31. The van der Waals surface area contributed by atoms with E-state index in [-0.39, 0.29) is 24.9 Å². The van der Waals surface area contributed by atoms with E-state index in [2.05, 4.69) is 5.32 Å². The fourth-order valence-corrected chi connectivity index (χ4v) is 4.37. The number of rotatable bonds is 12. The molecule has 0 spiro atoms. The highest BCUT2D eigenvalue weighted by Gasteiger charge is 2.12. The minimum Gasteiger partial charge on any atom is -0.492 e. The van der Waals surface area contributed by atoms with E-state index in [1.807, 2.05) is 54.1 Å². The quantitative estimate of drug-likeness (QED) is 0.208. The number of halogens is 1. The molecule has 0 saturated carbocycles. The van der Waals surface area contributed by atoms with Crippen LogP contribution in [0.2, 0.25) is 0 Å².